The van der Waals surface area contributed by atoms with Crippen LogP contribution in [0.3, 0.4) is 0 Å². The molecule has 0 saturated carbocycles. The minimum Gasteiger partial charge on any atom is -0.352 e. The number of rotatable bonds is 4. The summed E-state index contributed by atoms with van der Waals surface area (Å²) >= 11 is 6.01. The van der Waals surface area contributed by atoms with E-state index < -0.39 is 11.7 Å². The minimum atomic E-state index is -4.51. The summed E-state index contributed by atoms with van der Waals surface area (Å²) in [5.41, 5.74) is 0.578. The summed E-state index contributed by atoms with van der Waals surface area (Å²) in [4.78, 5) is 30.9. The van der Waals surface area contributed by atoms with E-state index in [9.17, 15) is 22.8 Å². The van der Waals surface area contributed by atoms with Gasteiger partial charge in [0.05, 0.1) is 10.6 Å². The maximum Gasteiger partial charge on any atom is 0.417 e. The average Bonchev–Trinajstić information content (AvgIpc) is 2.71. The number of hydrogen-bond donors (Lipinski definition) is 2. The Kier molecular flexibility index (Phi) is 6.89. The lowest BCUT2D eigenvalue weighted by molar-refractivity contribution is -0.137. The van der Waals surface area contributed by atoms with Gasteiger partial charge in [-0.3, -0.25) is 4.79 Å². The number of carbonyl (C=O) groups is 2. The third-order valence-corrected chi connectivity index (χ3v) is 4.98. The van der Waals surface area contributed by atoms with Crippen LogP contribution in [0, 0.1) is 0 Å². The van der Waals surface area contributed by atoms with E-state index in [1.807, 2.05) is 6.07 Å². The molecule has 2 heterocycles. The fraction of sp³-hybridized carbons (Fsp3) is 0.350. The Balaban J connectivity index is 1.53. The molecule has 1 aromatic heterocycles. The number of nitrogens with zero attached hydrogens (tertiary/aromatic N) is 3. The highest BCUT2D eigenvalue weighted by Crippen LogP contribution is 2.33. The lowest BCUT2D eigenvalue weighted by atomic mass is 10.2. The van der Waals surface area contributed by atoms with Crippen molar-refractivity contribution in [2.75, 3.05) is 36.4 Å². The number of aromatic nitrogens is 1. The zero-order chi connectivity index (χ0) is 22.6. The molecule has 1 aliphatic rings. The van der Waals surface area contributed by atoms with Gasteiger partial charge in [0.25, 0.3) is 0 Å². The first-order chi connectivity index (χ1) is 14.6. The number of piperazine rings is 1. The van der Waals surface area contributed by atoms with E-state index in [1.165, 1.54) is 6.92 Å². The number of carbonyl (C=O) groups excluding carboxylic acids is 2. The number of hydrogen-bond acceptors (Lipinski definition) is 4. The van der Waals surface area contributed by atoms with Crippen molar-refractivity contribution in [3.8, 4) is 0 Å². The number of alkyl halides is 3. The summed E-state index contributed by atoms with van der Waals surface area (Å²) in [7, 11) is 0. The molecule has 7 nitrogen and oxygen atoms in total. The van der Waals surface area contributed by atoms with Crippen molar-refractivity contribution in [1.29, 1.82) is 0 Å². The Bertz CT molecular complexity index is 962. The molecular weight excluding hydrogens is 435 g/mol. The quantitative estimate of drug-likeness (QED) is 0.736. The van der Waals surface area contributed by atoms with Gasteiger partial charge in [0.15, 0.2) is 0 Å². The molecule has 11 heteroatoms. The average molecular weight is 456 g/mol. The number of pyridine rings is 1. The first-order valence-electron chi connectivity index (χ1n) is 9.50. The van der Waals surface area contributed by atoms with Gasteiger partial charge in [-0.2, -0.15) is 13.2 Å². The monoisotopic (exact) mass is 455 g/mol. The highest BCUT2D eigenvalue weighted by molar-refractivity contribution is 6.33. The summed E-state index contributed by atoms with van der Waals surface area (Å²) in [6.45, 7) is 3.24. The van der Waals surface area contributed by atoms with Crippen LogP contribution in [0.2, 0.25) is 5.02 Å². The lowest BCUT2D eigenvalue weighted by Gasteiger charge is -2.35. The summed E-state index contributed by atoms with van der Waals surface area (Å²) < 4.78 is 38.3. The van der Waals surface area contributed by atoms with Crippen molar-refractivity contribution in [3.05, 3.63) is 52.7 Å². The molecule has 3 amide bonds. The van der Waals surface area contributed by atoms with E-state index in [0.29, 0.717) is 38.4 Å². The molecule has 2 aromatic rings. The van der Waals surface area contributed by atoms with Crippen LogP contribution in [0.5, 0.6) is 0 Å². The largest absolute Gasteiger partial charge is 0.417 e. The van der Waals surface area contributed by atoms with Gasteiger partial charge in [-0.05, 0) is 23.8 Å². The van der Waals surface area contributed by atoms with Gasteiger partial charge in [0.1, 0.15) is 5.82 Å². The van der Waals surface area contributed by atoms with E-state index in [2.05, 4.69) is 15.6 Å². The zero-order valence-electron chi connectivity index (χ0n) is 16.7. The second kappa shape index (κ2) is 9.42. The van der Waals surface area contributed by atoms with Crippen LogP contribution in [0.25, 0.3) is 0 Å². The number of anilines is 2. The minimum absolute atomic E-state index is 0.0771. The Hall–Kier alpha value is -3.01. The Morgan fingerprint density at radius 3 is 2.48 bits per heavy atom. The summed E-state index contributed by atoms with van der Waals surface area (Å²) in [6, 6.07) is 7.76. The van der Waals surface area contributed by atoms with Crippen LogP contribution in [0.1, 0.15) is 18.1 Å². The third kappa shape index (κ3) is 6.00. The van der Waals surface area contributed by atoms with E-state index >= 15 is 0 Å². The van der Waals surface area contributed by atoms with Gasteiger partial charge < -0.3 is 20.4 Å². The van der Waals surface area contributed by atoms with Crippen molar-refractivity contribution in [3.63, 3.8) is 0 Å². The maximum atomic E-state index is 12.8. The summed E-state index contributed by atoms with van der Waals surface area (Å²) in [5.74, 6) is 0.0891. The highest BCUT2D eigenvalue weighted by atomic mass is 35.5. The van der Waals surface area contributed by atoms with E-state index in [-0.39, 0.29) is 22.8 Å². The Labute approximate surface area is 182 Å². The van der Waals surface area contributed by atoms with Crippen molar-refractivity contribution >= 4 is 35.0 Å². The molecule has 3 rings (SSSR count). The smallest absolute Gasteiger partial charge is 0.352 e. The number of amides is 3. The molecule has 2 N–H and O–H groups in total. The SMILES string of the molecule is CC(=O)Nc1cccc(CNC(=O)N2CCN(c3ncc(C(F)(F)F)cc3Cl)CC2)c1. The van der Waals surface area contributed by atoms with Gasteiger partial charge in [0, 0.05) is 51.5 Å². The van der Waals surface area contributed by atoms with E-state index in [0.717, 1.165) is 17.8 Å². The molecule has 1 aromatic carbocycles. The van der Waals surface area contributed by atoms with Gasteiger partial charge in [-0.15, -0.1) is 0 Å². The summed E-state index contributed by atoms with van der Waals surface area (Å²) in [5, 5.41) is 5.44. The van der Waals surface area contributed by atoms with Gasteiger partial charge in [-0.1, -0.05) is 23.7 Å². The van der Waals surface area contributed by atoms with Crippen LogP contribution in [-0.2, 0) is 17.5 Å². The maximum absolute atomic E-state index is 12.8. The molecule has 31 heavy (non-hydrogen) atoms. The molecule has 1 aliphatic heterocycles. The predicted octanol–water partition coefficient (Wildman–Crippen LogP) is 3.74. The molecular formula is C20H21ClF3N5O2. The Morgan fingerprint density at radius 1 is 1.16 bits per heavy atom. The fourth-order valence-corrected chi connectivity index (χ4v) is 3.48. The number of urea groups is 1. The number of nitrogens with one attached hydrogen (secondary N) is 2. The van der Waals surface area contributed by atoms with Crippen molar-refractivity contribution in [2.45, 2.75) is 19.6 Å². The Morgan fingerprint density at radius 2 is 1.87 bits per heavy atom. The van der Waals surface area contributed by atoms with E-state index in [1.54, 1.807) is 28.0 Å². The second-order valence-electron chi connectivity index (χ2n) is 7.04. The zero-order valence-corrected chi connectivity index (χ0v) is 17.4. The molecule has 1 fully saturated rings. The van der Waals surface area contributed by atoms with Crippen LogP contribution >= 0.6 is 11.6 Å². The molecule has 0 spiro atoms. The molecule has 0 bridgehead atoms. The number of halogens is 4. The molecule has 0 unspecified atom stereocenters. The first-order valence-corrected chi connectivity index (χ1v) is 9.88. The molecule has 1 saturated heterocycles. The van der Waals surface area contributed by atoms with Crippen LogP contribution in [0.15, 0.2) is 36.5 Å². The normalized spacial score (nSPS) is 14.4. The number of benzene rings is 1. The molecule has 0 aliphatic carbocycles. The van der Waals surface area contributed by atoms with Crippen LogP contribution in [0.4, 0.5) is 29.5 Å². The van der Waals surface area contributed by atoms with Crippen molar-refractivity contribution < 1.29 is 22.8 Å². The lowest BCUT2D eigenvalue weighted by Crippen LogP contribution is -2.52. The van der Waals surface area contributed by atoms with Crippen molar-refractivity contribution in [2.24, 2.45) is 0 Å². The topological polar surface area (TPSA) is 77.6 Å². The third-order valence-electron chi connectivity index (χ3n) is 4.71. The van der Waals surface area contributed by atoms with Gasteiger partial charge in [0.2, 0.25) is 5.91 Å². The van der Waals surface area contributed by atoms with E-state index in [4.69, 9.17) is 11.6 Å². The first kappa shape index (κ1) is 22.7. The second-order valence-corrected chi connectivity index (χ2v) is 7.45. The fourth-order valence-electron chi connectivity index (χ4n) is 3.19. The van der Waals surface area contributed by atoms with Gasteiger partial charge in [-0.25, -0.2) is 9.78 Å². The standard InChI is InChI=1S/C20H21ClF3N5O2/c1-13(30)27-16-4-2-3-14(9-16)11-26-19(31)29-7-5-28(6-8-29)18-17(21)10-15(12-25-18)20(22,23)24/h2-4,9-10,12H,5-8,11H2,1H3,(H,26,31)(H,27,30). The van der Waals surface area contributed by atoms with Crippen LogP contribution < -0.4 is 15.5 Å². The van der Waals surface area contributed by atoms with Crippen LogP contribution in [-0.4, -0.2) is 48.0 Å². The molecule has 166 valence electrons. The molecule has 0 radical (unpaired) electrons. The van der Waals surface area contributed by atoms with Crippen molar-refractivity contribution in [1.82, 2.24) is 15.2 Å². The summed E-state index contributed by atoms with van der Waals surface area (Å²) in [6.07, 6.45) is -3.75. The highest BCUT2D eigenvalue weighted by Gasteiger charge is 2.32. The van der Waals surface area contributed by atoms with Gasteiger partial charge >= 0.3 is 12.2 Å². The molecule has 0 atom stereocenters. The predicted molar refractivity (Wildman–Crippen MR) is 111 cm³/mol.